The highest BCUT2D eigenvalue weighted by Gasteiger charge is 2.24. The molecule has 3 aromatic rings. The molecule has 6 nitrogen and oxygen atoms in total. The van der Waals surface area contributed by atoms with Crippen LogP contribution in [0.15, 0.2) is 12.4 Å². The molecule has 0 unspecified atom stereocenters. The first-order valence-electron chi connectivity index (χ1n) is 7.19. The van der Waals surface area contributed by atoms with E-state index >= 15 is 0 Å². The zero-order valence-electron chi connectivity index (χ0n) is 11.9. The molecule has 3 heterocycles. The Morgan fingerprint density at radius 2 is 2.41 bits per heavy atom. The normalized spacial score (nSPS) is 18.3. The SMILES string of the molecule is C[C@H]1CCCc2sc3ncn4nc(/C=C/C(=O)[O-])nc4c3c21. The van der Waals surface area contributed by atoms with Gasteiger partial charge in [0, 0.05) is 4.88 Å². The number of aryl methyl sites for hydroxylation is 1. The Bertz CT molecular complexity index is 925. The van der Waals surface area contributed by atoms with Gasteiger partial charge in [0.25, 0.3) is 0 Å². The van der Waals surface area contributed by atoms with Crippen LogP contribution >= 0.6 is 11.3 Å². The van der Waals surface area contributed by atoms with E-state index in [1.54, 1.807) is 22.2 Å². The first-order chi connectivity index (χ1) is 10.6. The van der Waals surface area contributed by atoms with Crippen molar-refractivity contribution in [2.75, 3.05) is 0 Å². The fraction of sp³-hybridized carbons (Fsp3) is 0.333. The molecule has 1 atom stereocenters. The zero-order valence-corrected chi connectivity index (χ0v) is 12.8. The number of hydrogen-bond acceptors (Lipinski definition) is 6. The quantitative estimate of drug-likeness (QED) is 0.670. The predicted molar refractivity (Wildman–Crippen MR) is 81.6 cm³/mol. The molecule has 7 heteroatoms. The topological polar surface area (TPSA) is 83.2 Å². The van der Waals surface area contributed by atoms with Crippen LogP contribution < -0.4 is 5.11 Å². The summed E-state index contributed by atoms with van der Waals surface area (Å²) in [6.07, 6.45) is 7.39. The Kier molecular flexibility index (Phi) is 2.97. The number of thiophene rings is 1. The second kappa shape index (κ2) is 4.88. The molecule has 0 fully saturated rings. The lowest BCUT2D eigenvalue weighted by molar-refractivity contribution is -0.297. The van der Waals surface area contributed by atoms with Gasteiger partial charge in [-0.25, -0.2) is 14.5 Å². The number of fused-ring (bicyclic) bond motifs is 5. The minimum Gasteiger partial charge on any atom is -0.545 e. The number of hydrogen-bond donors (Lipinski definition) is 0. The Balaban J connectivity index is 1.98. The van der Waals surface area contributed by atoms with E-state index in [4.69, 9.17) is 0 Å². The van der Waals surface area contributed by atoms with Crippen LogP contribution in [0, 0.1) is 0 Å². The molecule has 4 rings (SSSR count). The van der Waals surface area contributed by atoms with Gasteiger partial charge >= 0.3 is 0 Å². The van der Waals surface area contributed by atoms with Crippen LogP contribution in [-0.4, -0.2) is 25.6 Å². The van der Waals surface area contributed by atoms with Crippen molar-refractivity contribution < 1.29 is 9.90 Å². The smallest absolute Gasteiger partial charge is 0.175 e. The van der Waals surface area contributed by atoms with Crippen molar-refractivity contribution in [1.82, 2.24) is 19.6 Å². The van der Waals surface area contributed by atoms with Gasteiger partial charge in [-0.05, 0) is 42.9 Å². The van der Waals surface area contributed by atoms with E-state index < -0.39 is 5.97 Å². The van der Waals surface area contributed by atoms with Gasteiger partial charge in [-0.3, -0.25) is 0 Å². The summed E-state index contributed by atoms with van der Waals surface area (Å²) >= 11 is 1.73. The summed E-state index contributed by atoms with van der Waals surface area (Å²) in [6, 6.07) is 0. The highest BCUT2D eigenvalue weighted by atomic mass is 32.1. The predicted octanol–water partition coefficient (Wildman–Crippen LogP) is 1.54. The molecule has 0 N–H and O–H groups in total. The average molecular weight is 313 g/mol. The van der Waals surface area contributed by atoms with Gasteiger partial charge in [0.15, 0.2) is 11.5 Å². The summed E-state index contributed by atoms with van der Waals surface area (Å²) < 4.78 is 1.62. The second-order valence-corrected chi connectivity index (χ2v) is 6.63. The lowest BCUT2D eigenvalue weighted by atomic mass is 9.87. The van der Waals surface area contributed by atoms with Gasteiger partial charge in [0.1, 0.15) is 11.2 Å². The maximum atomic E-state index is 10.5. The van der Waals surface area contributed by atoms with E-state index in [9.17, 15) is 9.90 Å². The van der Waals surface area contributed by atoms with Gasteiger partial charge < -0.3 is 9.90 Å². The van der Waals surface area contributed by atoms with Crippen LogP contribution in [0.25, 0.3) is 21.9 Å². The maximum Gasteiger partial charge on any atom is 0.175 e. The molecule has 0 aliphatic heterocycles. The number of carboxylic acids is 1. The summed E-state index contributed by atoms with van der Waals surface area (Å²) in [5.41, 5.74) is 2.08. The van der Waals surface area contributed by atoms with Crippen LogP contribution in [0.3, 0.4) is 0 Å². The van der Waals surface area contributed by atoms with E-state index in [0.717, 1.165) is 28.4 Å². The Morgan fingerprint density at radius 1 is 1.55 bits per heavy atom. The summed E-state index contributed by atoms with van der Waals surface area (Å²) in [6.45, 7) is 2.24. The van der Waals surface area contributed by atoms with Crippen LogP contribution in [0.4, 0.5) is 0 Å². The average Bonchev–Trinajstić information content (AvgIpc) is 3.05. The molecule has 22 heavy (non-hydrogen) atoms. The fourth-order valence-electron chi connectivity index (χ4n) is 3.12. The summed E-state index contributed by atoms with van der Waals surface area (Å²) in [5, 5.41) is 15.8. The van der Waals surface area contributed by atoms with E-state index in [1.807, 2.05) is 0 Å². The fourth-order valence-corrected chi connectivity index (χ4v) is 4.41. The van der Waals surface area contributed by atoms with Crippen LogP contribution in [0.2, 0.25) is 0 Å². The van der Waals surface area contributed by atoms with E-state index in [2.05, 4.69) is 22.0 Å². The van der Waals surface area contributed by atoms with Crippen LogP contribution in [-0.2, 0) is 11.2 Å². The number of carboxylic acid groups (broad SMARTS) is 1. The molecular weight excluding hydrogens is 300 g/mol. The van der Waals surface area contributed by atoms with E-state index in [1.165, 1.54) is 29.4 Å². The highest BCUT2D eigenvalue weighted by molar-refractivity contribution is 7.19. The Labute approximate surface area is 130 Å². The van der Waals surface area contributed by atoms with E-state index in [0.29, 0.717) is 11.7 Å². The number of rotatable bonds is 2. The van der Waals surface area contributed by atoms with Crippen molar-refractivity contribution in [1.29, 1.82) is 0 Å². The molecule has 0 spiro atoms. The van der Waals surface area contributed by atoms with E-state index in [-0.39, 0.29) is 0 Å². The molecule has 112 valence electrons. The second-order valence-electron chi connectivity index (χ2n) is 5.55. The molecule has 1 aliphatic carbocycles. The molecule has 0 saturated heterocycles. The lowest BCUT2D eigenvalue weighted by Crippen LogP contribution is -2.18. The number of carbonyl (C=O) groups excluding carboxylic acids is 1. The molecule has 3 aromatic heterocycles. The van der Waals surface area contributed by atoms with Crippen molar-refractivity contribution in [3.8, 4) is 0 Å². The van der Waals surface area contributed by atoms with Crippen molar-refractivity contribution in [2.24, 2.45) is 0 Å². The maximum absolute atomic E-state index is 10.5. The van der Waals surface area contributed by atoms with Crippen molar-refractivity contribution in [3.63, 3.8) is 0 Å². The highest BCUT2D eigenvalue weighted by Crippen LogP contribution is 2.42. The monoisotopic (exact) mass is 313 g/mol. The first kappa shape index (κ1) is 13.4. The largest absolute Gasteiger partial charge is 0.545 e. The minimum atomic E-state index is -1.26. The Hall–Kier alpha value is -2.28. The number of aliphatic carboxylic acids is 1. The third kappa shape index (κ3) is 2.00. The molecule has 0 aromatic carbocycles. The molecule has 1 aliphatic rings. The van der Waals surface area contributed by atoms with Gasteiger partial charge in [0.05, 0.1) is 11.4 Å². The van der Waals surface area contributed by atoms with Gasteiger partial charge in [0.2, 0.25) is 0 Å². The Morgan fingerprint density at radius 3 is 3.23 bits per heavy atom. The molecule has 0 bridgehead atoms. The van der Waals surface area contributed by atoms with Crippen molar-refractivity contribution in [3.05, 3.63) is 28.7 Å². The number of carbonyl (C=O) groups is 1. The van der Waals surface area contributed by atoms with Gasteiger partial charge in [-0.2, -0.15) is 0 Å². The number of nitrogens with zero attached hydrogens (tertiary/aromatic N) is 4. The molecular formula is C15H13N4O2S-. The minimum absolute atomic E-state index is 0.349. The standard InChI is InChI=1S/C15H14N4O2S/c1-8-3-2-4-9-12(8)13-14-17-10(5-6-11(20)21)18-19(14)7-16-15(13)22-9/h5-8H,2-4H2,1H3,(H,20,21)/p-1/b6-5+/t8-/m0/s1. The van der Waals surface area contributed by atoms with Gasteiger partial charge in [-0.15, -0.1) is 16.4 Å². The van der Waals surface area contributed by atoms with Crippen molar-refractivity contribution in [2.45, 2.75) is 32.1 Å². The summed E-state index contributed by atoms with van der Waals surface area (Å²) in [5.74, 6) is -0.421. The first-order valence-corrected chi connectivity index (χ1v) is 8.01. The van der Waals surface area contributed by atoms with Crippen LogP contribution in [0.1, 0.15) is 41.9 Å². The third-order valence-electron chi connectivity index (χ3n) is 4.06. The molecule has 0 amide bonds. The third-order valence-corrected chi connectivity index (χ3v) is 5.23. The van der Waals surface area contributed by atoms with Crippen molar-refractivity contribution >= 4 is 39.2 Å². The lowest BCUT2D eigenvalue weighted by Gasteiger charge is -2.18. The molecule has 0 saturated carbocycles. The van der Waals surface area contributed by atoms with Gasteiger partial charge in [-0.1, -0.05) is 6.92 Å². The number of aromatic nitrogens is 4. The molecule has 0 radical (unpaired) electrons. The summed E-state index contributed by atoms with van der Waals surface area (Å²) in [7, 11) is 0. The van der Waals surface area contributed by atoms with Crippen LogP contribution in [0.5, 0.6) is 0 Å². The zero-order chi connectivity index (χ0) is 15.3. The summed E-state index contributed by atoms with van der Waals surface area (Å²) in [4.78, 5) is 21.8.